The SMILES string of the molecule is CCN1C(=O)C(=Cc2cc(OC)c(OC)cc2[N+](=O)[O-])SC1=Nc1ccc(C(=O)O)cc1. The monoisotopic (exact) mass is 457 g/mol. The average Bonchev–Trinajstić information content (AvgIpc) is 3.07. The molecule has 32 heavy (non-hydrogen) atoms. The van der Waals surface area contributed by atoms with Gasteiger partial charge in [0.15, 0.2) is 16.7 Å². The molecule has 2 aromatic rings. The van der Waals surface area contributed by atoms with Gasteiger partial charge in [0.1, 0.15) is 0 Å². The maximum atomic E-state index is 12.9. The minimum atomic E-state index is -1.05. The van der Waals surface area contributed by atoms with E-state index in [1.54, 1.807) is 6.92 Å². The van der Waals surface area contributed by atoms with Crippen LogP contribution in [0.3, 0.4) is 0 Å². The first-order chi connectivity index (χ1) is 15.3. The summed E-state index contributed by atoms with van der Waals surface area (Å²) in [5.74, 6) is -0.900. The van der Waals surface area contributed by atoms with Crippen LogP contribution in [0, 0.1) is 10.1 Å². The van der Waals surface area contributed by atoms with E-state index in [2.05, 4.69) is 4.99 Å². The number of amidine groups is 1. The molecule has 2 aromatic carbocycles. The van der Waals surface area contributed by atoms with Crippen LogP contribution in [0.4, 0.5) is 11.4 Å². The van der Waals surface area contributed by atoms with E-state index in [9.17, 15) is 19.7 Å². The molecule has 0 radical (unpaired) electrons. The zero-order valence-corrected chi connectivity index (χ0v) is 18.2. The lowest BCUT2D eigenvalue weighted by molar-refractivity contribution is -0.385. The normalized spacial score (nSPS) is 16.0. The number of amides is 1. The fraction of sp³-hybridized carbons (Fsp3) is 0.190. The first-order valence-electron chi connectivity index (χ1n) is 9.32. The van der Waals surface area contributed by atoms with Crippen LogP contribution in [-0.4, -0.2) is 52.7 Å². The van der Waals surface area contributed by atoms with E-state index in [4.69, 9.17) is 14.6 Å². The highest BCUT2D eigenvalue weighted by Gasteiger charge is 2.33. The number of hydrogen-bond donors (Lipinski definition) is 1. The quantitative estimate of drug-likeness (QED) is 0.376. The van der Waals surface area contributed by atoms with E-state index in [-0.39, 0.29) is 33.4 Å². The van der Waals surface area contributed by atoms with Crippen molar-refractivity contribution in [2.24, 2.45) is 4.99 Å². The third-order valence-electron chi connectivity index (χ3n) is 4.56. The molecule has 1 aliphatic heterocycles. The number of aliphatic imine (C=N–C) groups is 1. The van der Waals surface area contributed by atoms with Gasteiger partial charge < -0.3 is 14.6 Å². The van der Waals surface area contributed by atoms with Crippen LogP contribution in [-0.2, 0) is 4.79 Å². The largest absolute Gasteiger partial charge is 0.493 e. The summed E-state index contributed by atoms with van der Waals surface area (Å²) in [5.41, 5.74) is 0.549. The van der Waals surface area contributed by atoms with Gasteiger partial charge in [0.2, 0.25) is 0 Å². The number of hydrogen-bond acceptors (Lipinski definition) is 8. The number of likely N-dealkylation sites (N-methyl/N-ethyl adjacent to an activating group) is 1. The number of benzene rings is 2. The fourth-order valence-electron chi connectivity index (χ4n) is 2.96. The highest BCUT2D eigenvalue weighted by molar-refractivity contribution is 8.18. The Kier molecular flexibility index (Phi) is 6.79. The molecule has 10 nitrogen and oxygen atoms in total. The molecule has 3 rings (SSSR count). The minimum absolute atomic E-state index is 0.123. The van der Waals surface area contributed by atoms with E-state index in [1.807, 2.05) is 0 Å². The third kappa shape index (κ3) is 4.57. The number of nitro benzene ring substituents is 1. The van der Waals surface area contributed by atoms with E-state index >= 15 is 0 Å². The molecular formula is C21H19N3O7S. The van der Waals surface area contributed by atoms with Crippen LogP contribution < -0.4 is 9.47 Å². The zero-order valence-electron chi connectivity index (χ0n) is 17.4. The summed E-state index contributed by atoms with van der Waals surface area (Å²) in [6.45, 7) is 2.12. The Hall–Kier alpha value is -3.86. The van der Waals surface area contributed by atoms with Crippen molar-refractivity contribution in [3.63, 3.8) is 0 Å². The first kappa shape index (κ1) is 22.8. The molecule has 1 fully saturated rings. The van der Waals surface area contributed by atoms with E-state index in [0.717, 1.165) is 11.8 Å². The van der Waals surface area contributed by atoms with Crippen molar-refractivity contribution in [3.8, 4) is 11.5 Å². The second-order valence-corrected chi connectivity index (χ2v) is 7.44. The summed E-state index contributed by atoms with van der Waals surface area (Å²) in [6, 6.07) is 8.60. The molecule has 0 aromatic heterocycles. The standard InChI is InChI=1S/C21H19N3O7S/c1-4-23-19(25)18(32-21(23)22-14-7-5-12(6-8-14)20(26)27)10-13-9-16(30-2)17(31-3)11-15(13)24(28)29/h5-11H,4H2,1-3H3,(H,26,27). The Balaban J connectivity index is 2.01. The van der Waals surface area contributed by atoms with Gasteiger partial charge in [-0.2, -0.15) is 0 Å². The molecule has 1 amide bonds. The number of aromatic carboxylic acids is 1. The molecule has 1 saturated heterocycles. The third-order valence-corrected chi connectivity index (χ3v) is 5.57. The van der Waals surface area contributed by atoms with Gasteiger partial charge in [-0.25, -0.2) is 9.79 Å². The molecule has 0 aliphatic carbocycles. The van der Waals surface area contributed by atoms with Crippen LogP contribution in [0.15, 0.2) is 46.3 Å². The van der Waals surface area contributed by atoms with Crippen molar-refractivity contribution in [1.82, 2.24) is 4.90 Å². The molecular weight excluding hydrogens is 438 g/mol. The lowest BCUT2D eigenvalue weighted by atomic mass is 10.1. The second kappa shape index (κ2) is 9.52. The van der Waals surface area contributed by atoms with E-state index in [0.29, 0.717) is 23.1 Å². The second-order valence-electron chi connectivity index (χ2n) is 6.43. The topological polar surface area (TPSA) is 132 Å². The average molecular weight is 457 g/mol. The summed E-state index contributed by atoms with van der Waals surface area (Å²) in [4.78, 5) is 41.0. The number of carbonyl (C=O) groups is 2. The number of methoxy groups -OCH3 is 2. The number of carboxylic acids is 1. The molecule has 11 heteroatoms. The summed E-state index contributed by atoms with van der Waals surface area (Å²) >= 11 is 1.07. The maximum Gasteiger partial charge on any atom is 0.335 e. The van der Waals surface area contributed by atoms with Crippen LogP contribution in [0.2, 0.25) is 0 Å². The summed E-state index contributed by atoms with van der Waals surface area (Å²) in [5, 5.41) is 21.0. The number of thioether (sulfide) groups is 1. The predicted molar refractivity (Wildman–Crippen MR) is 120 cm³/mol. The molecule has 1 N–H and O–H groups in total. The minimum Gasteiger partial charge on any atom is -0.493 e. The summed E-state index contributed by atoms with van der Waals surface area (Å²) in [6.07, 6.45) is 1.42. The Morgan fingerprint density at radius 3 is 2.38 bits per heavy atom. The number of nitrogens with zero attached hydrogens (tertiary/aromatic N) is 3. The Morgan fingerprint density at radius 1 is 1.22 bits per heavy atom. The Morgan fingerprint density at radius 2 is 1.84 bits per heavy atom. The first-order valence-corrected chi connectivity index (χ1v) is 10.1. The van der Waals surface area contributed by atoms with Crippen LogP contribution >= 0.6 is 11.8 Å². The number of rotatable bonds is 7. The van der Waals surface area contributed by atoms with Gasteiger partial charge in [-0.3, -0.25) is 19.8 Å². The fourth-order valence-corrected chi connectivity index (χ4v) is 4.01. The summed E-state index contributed by atoms with van der Waals surface area (Å²) < 4.78 is 10.4. The van der Waals surface area contributed by atoms with Crippen molar-refractivity contribution in [3.05, 3.63) is 62.5 Å². The zero-order chi connectivity index (χ0) is 23.4. The van der Waals surface area contributed by atoms with Gasteiger partial charge in [0.05, 0.1) is 46.9 Å². The maximum absolute atomic E-state index is 12.9. The van der Waals surface area contributed by atoms with E-state index in [1.165, 1.54) is 61.6 Å². The smallest absolute Gasteiger partial charge is 0.335 e. The van der Waals surface area contributed by atoms with Gasteiger partial charge >= 0.3 is 5.97 Å². The Labute approximate surface area is 187 Å². The number of nitro groups is 1. The number of carboxylic acid groups (broad SMARTS) is 1. The molecule has 0 saturated carbocycles. The van der Waals surface area contributed by atoms with Crippen LogP contribution in [0.1, 0.15) is 22.8 Å². The molecule has 0 spiro atoms. The van der Waals surface area contributed by atoms with Gasteiger partial charge in [0.25, 0.3) is 11.6 Å². The predicted octanol–water partition coefficient (Wildman–Crippen LogP) is 3.93. The van der Waals surface area contributed by atoms with Gasteiger partial charge in [-0.1, -0.05) is 0 Å². The Bertz CT molecular complexity index is 1140. The molecule has 1 aliphatic rings. The van der Waals surface area contributed by atoms with Crippen molar-refractivity contribution < 1.29 is 29.1 Å². The molecule has 0 unspecified atom stereocenters. The van der Waals surface area contributed by atoms with Crippen LogP contribution in [0.5, 0.6) is 11.5 Å². The number of ether oxygens (including phenoxy) is 2. The van der Waals surface area contributed by atoms with Crippen molar-refractivity contribution in [2.75, 3.05) is 20.8 Å². The van der Waals surface area contributed by atoms with Gasteiger partial charge in [0, 0.05) is 6.54 Å². The van der Waals surface area contributed by atoms with Gasteiger partial charge in [-0.05, 0) is 55.1 Å². The molecule has 0 atom stereocenters. The van der Waals surface area contributed by atoms with Crippen LogP contribution in [0.25, 0.3) is 6.08 Å². The number of carbonyl (C=O) groups excluding carboxylic acids is 1. The van der Waals surface area contributed by atoms with Crippen molar-refractivity contribution in [2.45, 2.75) is 6.92 Å². The van der Waals surface area contributed by atoms with Crippen molar-refractivity contribution >= 4 is 46.3 Å². The summed E-state index contributed by atoms with van der Waals surface area (Å²) in [7, 11) is 2.79. The molecule has 1 heterocycles. The highest BCUT2D eigenvalue weighted by atomic mass is 32.2. The van der Waals surface area contributed by atoms with Gasteiger partial charge in [-0.15, -0.1) is 0 Å². The highest BCUT2D eigenvalue weighted by Crippen LogP contribution is 2.39. The van der Waals surface area contributed by atoms with E-state index < -0.39 is 10.9 Å². The van der Waals surface area contributed by atoms with Crippen molar-refractivity contribution in [1.29, 1.82) is 0 Å². The molecule has 166 valence electrons. The lowest BCUT2D eigenvalue weighted by Crippen LogP contribution is -2.28. The lowest BCUT2D eigenvalue weighted by Gasteiger charge is -2.12. The molecule has 0 bridgehead atoms.